The molecule has 2 aliphatic heterocycles. The normalized spacial score (nSPS) is 26.5. The molecule has 0 spiro atoms. The van der Waals surface area contributed by atoms with E-state index in [0.29, 0.717) is 10.9 Å². The van der Waals surface area contributed by atoms with E-state index in [2.05, 4.69) is 23.3 Å². The van der Waals surface area contributed by atoms with Crippen LogP contribution in [0.3, 0.4) is 0 Å². The van der Waals surface area contributed by atoms with E-state index in [1.807, 2.05) is 6.07 Å². The molecule has 0 saturated carbocycles. The minimum atomic E-state index is 0.594. The predicted octanol–water partition coefficient (Wildman–Crippen LogP) is 2.49. The van der Waals surface area contributed by atoms with E-state index in [0.717, 1.165) is 31.3 Å². The maximum absolute atomic E-state index is 6.23. The first-order valence-electron chi connectivity index (χ1n) is 6.50. The fourth-order valence-electron chi connectivity index (χ4n) is 3.29. The summed E-state index contributed by atoms with van der Waals surface area (Å²) in [5, 5.41) is 4.20. The summed E-state index contributed by atoms with van der Waals surface area (Å²) in [6.07, 6.45) is 1.25. The van der Waals surface area contributed by atoms with Crippen molar-refractivity contribution in [3.8, 4) is 5.75 Å². The van der Waals surface area contributed by atoms with Crippen LogP contribution in [0.15, 0.2) is 12.1 Å². The molecule has 0 aliphatic carbocycles. The smallest absolute Gasteiger partial charge is 0.137 e. The molecule has 0 bridgehead atoms. The maximum atomic E-state index is 6.23. The van der Waals surface area contributed by atoms with E-state index >= 15 is 0 Å². The van der Waals surface area contributed by atoms with Gasteiger partial charge in [0.15, 0.2) is 0 Å². The number of halogens is 1. The third-order valence-electron chi connectivity index (χ3n) is 4.25. The Morgan fingerprint density at radius 1 is 1.44 bits per heavy atom. The Bertz CT molecular complexity index is 463. The van der Waals surface area contributed by atoms with Gasteiger partial charge in [0.05, 0.1) is 12.1 Å². The molecule has 0 amide bonds. The highest BCUT2D eigenvalue weighted by atomic mass is 35.5. The number of hydrogen-bond donors (Lipinski definition) is 1. The summed E-state index contributed by atoms with van der Waals surface area (Å²) in [6, 6.07) is 4.17. The van der Waals surface area contributed by atoms with Crippen LogP contribution in [0.1, 0.15) is 17.9 Å². The summed E-state index contributed by atoms with van der Waals surface area (Å²) in [7, 11) is 3.83. The minimum absolute atomic E-state index is 0.594. The first-order valence-corrected chi connectivity index (χ1v) is 6.87. The van der Waals surface area contributed by atoms with E-state index in [9.17, 15) is 0 Å². The van der Waals surface area contributed by atoms with Crippen LogP contribution in [-0.2, 0) is 0 Å². The second-order valence-corrected chi connectivity index (χ2v) is 5.69. The van der Waals surface area contributed by atoms with Crippen molar-refractivity contribution in [1.82, 2.24) is 5.32 Å². The highest BCUT2D eigenvalue weighted by Crippen LogP contribution is 2.44. The zero-order valence-corrected chi connectivity index (χ0v) is 11.6. The Morgan fingerprint density at radius 2 is 2.28 bits per heavy atom. The van der Waals surface area contributed by atoms with Gasteiger partial charge in [-0.15, -0.1) is 0 Å². The quantitative estimate of drug-likeness (QED) is 0.845. The van der Waals surface area contributed by atoms with E-state index in [4.69, 9.17) is 16.3 Å². The topological polar surface area (TPSA) is 24.5 Å². The number of anilines is 1. The third-order valence-corrected chi connectivity index (χ3v) is 4.54. The number of fused-ring (bicyclic) bond motifs is 3. The first-order chi connectivity index (χ1) is 8.70. The summed E-state index contributed by atoms with van der Waals surface area (Å²) in [5.74, 6) is 2.13. The Morgan fingerprint density at radius 3 is 3.06 bits per heavy atom. The lowest BCUT2D eigenvalue weighted by atomic mass is 9.77. The molecule has 0 aromatic heterocycles. The maximum Gasteiger partial charge on any atom is 0.137 e. The molecule has 2 unspecified atom stereocenters. The third kappa shape index (κ3) is 1.86. The van der Waals surface area contributed by atoms with Crippen molar-refractivity contribution in [1.29, 1.82) is 0 Å². The molecule has 2 aliphatic rings. The van der Waals surface area contributed by atoms with Crippen LogP contribution >= 0.6 is 11.6 Å². The molecule has 1 saturated heterocycles. The Kier molecular flexibility index (Phi) is 3.12. The predicted molar refractivity (Wildman–Crippen MR) is 75.0 cm³/mol. The second-order valence-electron chi connectivity index (χ2n) is 5.29. The van der Waals surface area contributed by atoms with Gasteiger partial charge in [-0.2, -0.15) is 0 Å². The molecule has 4 heteroatoms. The molecule has 2 atom stereocenters. The number of piperidine rings is 1. The van der Waals surface area contributed by atoms with Crippen molar-refractivity contribution in [2.24, 2.45) is 5.92 Å². The lowest BCUT2D eigenvalue weighted by molar-refractivity contribution is 0.315. The molecule has 1 aromatic rings. The van der Waals surface area contributed by atoms with Crippen molar-refractivity contribution in [2.45, 2.75) is 12.3 Å². The van der Waals surface area contributed by atoms with Crippen LogP contribution in [0, 0.1) is 5.92 Å². The van der Waals surface area contributed by atoms with E-state index in [1.54, 1.807) is 7.11 Å². The summed E-state index contributed by atoms with van der Waals surface area (Å²) in [4.78, 5) is 2.33. The fraction of sp³-hybridized carbons (Fsp3) is 0.571. The molecular weight excluding hydrogens is 248 g/mol. The van der Waals surface area contributed by atoms with Gasteiger partial charge in [0, 0.05) is 31.7 Å². The molecular formula is C14H19ClN2O. The second kappa shape index (κ2) is 4.63. The average molecular weight is 267 g/mol. The van der Waals surface area contributed by atoms with Crippen molar-refractivity contribution >= 4 is 17.3 Å². The number of ether oxygens (including phenoxy) is 1. The van der Waals surface area contributed by atoms with Gasteiger partial charge in [-0.1, -0.05) is 11.6 Å². The number of rotatable bonds is 1. The van der Waals surface area contributed by atoms with Gasteiger partial charge in [0.25, 0.3) is 0 Å². The molecule has 1 N–H and O–H groups in total. The standard InChI is InChI=1S/C14H19ClN2O/c1-17-8-9-3-4-16-7-11(9)10-5-14(18-2)12(15)6-13(10)17/h5-6,9,11,16H,3-4,7-8H2,1-2H3. The molecule has 2 heterocycles. The summed E-state index contributed by atoms with van der Waals surface area (Å²) in [6.45, 7) is 3.33. The van der Waals surface area contributed by atoms with Crippen LogP contribution in [0.5, 0.6) is 5.75 Å². The molecule has 98 valence electrons. The monoisotopic (exact) mass is 266 g/mol. The summed E-state index contributed by atoms with van der Waals surface area (Å²) in [5.41, 5.74) is 2.63. The highest BCUT2D eigenvalue weighted by Gasteiger charge is 2.34. The molecule has 3 nitrogen and oxygen atoms in total. The highest BCUT2D eigenvalue weighted by molar-refractivity contribution is 6.32. The number of hydrogen-bond acceptors (Lipinski definition) is 3. The van der Waals surface area contributed by atoms with Gasteiger partial charge in [-0.3, -0.25) is 0 Å². The van der Waals surface area contributed by atoms with Crippen molar-refractivity contribution in [2.75, 3.05) is 38.7 Å². The van der Waals surface area contributed by atoms with Gasteiger partial charge >= 0.3 is 0 Å². The van der Waals surface area contributed by atoms with Crippen LogP contribution in [0.4, 0.5) is 5.69 Å². The summed E-state index contributed by atoms with van der Waals surface area (Å²) >= 11 is 6.23. The lowest BCUT2D eigenvalue weighted by Gasteiger charge is -2.42. The Labute approximate surface area is 113 Å². The SMILES string of the molecule is COc1cc2c(cc1Cl)N(C)CC1CCNCC21. The van der Waals surface area contributed by atoms with Crippen LogP contribution in [-0.4, -0.2) is 33.8 Å². The van der Waals surface area contributed by atoms with Crippen LogP contribution in [0.2, 0.25) is 5.02 Å². The van der Waals surface area contributed by atoms with Crippen molar-refractivity contribution in [3.63, 3.8) is 0 Å². The largest absolute Gasteiger partial charge is 0.495 e. The number of nitrogens with zero attached hydrogens (tertiary/aromatic N) is 1. The van der Waals surface area contributed by atoms with Gasteiger partial charge in [0.2, 0.25) is 0 Å². The molecule has 3 rings (SSSR count). The minimum Gasteiger partial charge on any atom is -0.495 e. The lowest BCUT2D eigenvalue weighted by Crippen LogP contribution is -2.44. The number of methoxy groups -OCH3 is 1. The Balaban J connectivity index is 2.08. The molecule has 1 aromatic carbocycles. The van der Waals surface area contributed by atoms with Crippen LogP contribution in [0.25, 0.3) is 0 Å². The fourth-order valence-corrected chi connectivity index (χ4v) is 3.52. The van der Waals surface area contributed by atoms with Crippen LogP contribution < -0.4 is 15.0 Å². The van der Waals surface area contributed by atoms with Gasteiger partial charge in [-0.05, 0) is 36.6 Å². The molecule has 1 fully saturated rings. The Hall–Kier alpha value is -0.930. The van der Waals surface area contributed by atoms with E-state index < -0.39 is 0 Å². The van der Waals surface area contributed by atoms with E-state index in [1.165, 1.54) is 17.7 Å². The van der Waals surface area contributed by atoms with Gasteiger partial charge in [0.1, 0.15) is 5.75 Å². The van der Waals surface area contributed by atoms with Crippen molar-refractivity contribution < 1.29 is 4.74 Å². The zero-order chi connectivity index (χ0) is 12.7. The molecule has 18 heavy (non-hydrogen) atoms. The van der Waals surface area contributed by atoms with Gasteiger partial charge < -0.3 is 15.0 Å². The van der Waals surface area contributed by atoms with E-state index in [-0.39, 0.29) is 0 Å². The average Bonchev–Trinajstić information content (AvgIpc) is 2.39. The molecule has 0 radical (unpaired) electrons. The number of nitrogens with one attached hydrogen (secondary N) is 1. The van der Waals surface area contributed by atoms with Gasteiger partial charge in [-0.25, -0.2) is 0 Å². The summed E-state index contributed by atoms with van der Waals surface area (Å²) < 4.78 is 5.36. The number of benzene rings is 1. The van der Waals surface area contributed by atoms with Crippen molar-refractivity contribution in [3.05, 3.63) is 22.7 Å². The zero-order valence-electron chi connectivity index (χ0n) is 10.9. The first kappa shape index (κ1) is 12.1.